The van der Waals surface area contributed by atoms with E-state index in [4.69, 9.17) is 14.0 Å². The largest absolute Gasteiger partial charge is 0.492 e. The minimum absolute atomic E-state index is 0.134. The first-order valence-corrected chi connectivity index (χ1v) is 9.35. The Balaban J connectivity index is 2.30. The summed E-state index contributed by atoms with van der Waals surface area (Å²) in [5.74, 6) is -0.579. The molecule has 8 heteroatoms. The standard InChI is InChI=1S/C20H30BFN2O4/c1-13-11-23-16(22)10-14(13)9-15(12-24-17(25)26-18(2,3)4)21-27-19(5,6)20(7,8)28-21/h9-11H,12H2,1-8H3,(H,24,25). The zero-order chi connectivity index (χ0) is 21.3. The molecular weight excluding hydrogens is 362 g/mol. The minimum atomic E-state index is -0.685. The third-order valence-corrected chi connectivity index (χ3v) is 4.84. The van der Waals surface area contributed by atoms with Gasteiger partial charge in [0.25, 0.3) is 0 Å². The highest BCUT2D eigenvalue weighted by molar-refractivity contribution is 6.56. The molecule has 1 aromatic rings. The van der Waals surface area contributed by atoms with Gasteiger partial charge in [-0.1, -0.05) is 6.08 Å². The zero-order valence-electron chi connectivity index (χ0n) is 18.0. The fourth-order valence-corrected chi connectivity index (χ4v) is 2.55. The molecule has 1 amide bonds. The second-order valence-corrected chi connectivity index (χ2v) is 9.03. The lowest BCUT2D eigenvalue weighted by molar-refractivity contribution is 0.00578. The second kappa shape index (κ2) is 7.83. The molecule has 0 spiro atoms. The van der Waals surface area contributed by atoms with Crippen LogP contribution in [-0.2, 0) is 14.0 Å². The van der Waals surface area contributed by atoms with E-state index in [1.165, 1.54) is 12.3 Å². The van der Waals surface area contributed by atoms with Crippen molar-refractivity contribution in [1.29, 1.82) is 0 Å². The van der Waals surface area contributed by atoms with E-state index < -0.39 is 36.0 Å². The summed E-state index contributed by atoms with van der Waals surface area (Å²) in [6, 6.07) is 1.34. The molecule has 0 saturated carbocycles. The number of pyridine rings is 1. The van der Waals surface area contributed by atoms with Gasteiger partial charge in [0.05, 0.1) is 11.2 Å². The summed E-state index contributed by atoms with van der Waals surface area (Å²) in [7, 11) is -0.685. The number of aromatic nitrogens is 1. The van der Waals surface area contributed by atoms with E-state index in [0.717, 1.165) is 5.56 Å². The summed E-state index contributed by atoms with van der Waals surface area (Å²) >= 11 is 0. The minimum Gasteiger partial charge on any atom is -0.444 e. The monoisotopic (exact) mass is 392 g/mol. The fourth-order valence-electron chi connectivity index (χ4n) is 2.55. The molecule has 0 bridgehead atoms. The number of carbonyl (C=O) groups excluding carboxylic acids is 1. The van der Waals surface area contributed by atoms with Gasteiger partial charge in [0.15, 0.2) is 0 Å². The van der Waals surface area contributed by atoms with Crippen molar-refractivity contribution < 1.29 is 23.2 Å². The number of aryl methyl sites for hydroxylation is 1. The van der Waals surface area contributed by atoms with E-state index in [1.807, 2.05) is 34.6 Å². The number of halogens is 1. The van der Waals surface area contributed by atoms with Crippen molar-refractivity contribution in [3.8, 4) is 0 Å². The Morgan fingerprint density at radius 3 is 2.39 bits per heavy atom. The Morgan fingerprint density at radius 1 is 1.29 bits per heavy atom. The number of rotatable bonds is 4. The highest BCUT2D eigenvalue weighted by Crippen LogP contribution is 2.38. The van der Waals surface area contributed by atoms with Gasteiger partial charge >= 0.3 is 13.2 Å². The molecule has 154 valence electrons. The average molecular weight is 392 g/mol. The smallest absolute Gasteiger partial charge is 0.444 e. The fraction of sp³-hybridized carbons (Fsp3) is 0.600. The van der Waals surface area contributed by atoms with Crippen molar-refractivity contribution in [1.82, 2.24) is 10.3 Å². The summed E-state index contributed by atoms with van der Waals surface area (Å²) in [6.45, 7) is 15.1. The number of nitrogens with one attached hydrogen (secondary N) is 1. The van der Waals surface area contributed by atoms with Crippen molar-refractivity contribution in [3.05, 3.63) is 34.8 Å². The van der Waals surface area contributed by atoms with Crippen LogP contribution in [0.2, 0.25) is 0 Å². The predicted molar refractivity (Wildman–Crippen MR) is 107 cm³/mol. The van der Waals surface area contributed by atoms with Crippen molar-refractivity contribution in [2.75, 3.05) is 6.54 Å². The summed E-state index contributed by atoms with van der Waals surface area (Å²) < 4.78 is 31.1. The van der Waals surface area contributed by atoms with Gasteiger partial charge in [0, 0.05) is 18.8 Å². The lowest BCUT2D eigenvalue weighted by atomic mass is 9.76. The summed E-state index contributed by atoms with van der Waals surface area (Å²) in [4.78, 5) is 15.8. The molecule has 0 unspecified atom stereocenters. The van der Waals surface area contributed by atoms with E-state index in [9.17, 15) is 9.18 Å². The lowest BCUT2D eigenvalue weighted by Gasteiger charge is -2.32. The number of hydrogen-bond acceptors (Lipinski definition) is 5. The van der Waals surface area contributed by atoms with Gasteiger partial charge in [-0.15, -0.1) is 0 Å². The third-order valence-electron chi connectivity index (χ3n) is 4.84. The number of ether oxygens (including phenoxy) is 1. The van der Waals surface area contributed by atoms with Crippen molar-refractivity contribution in [3.63, 3.8) is 0 Å². The highest BCUT2D eigenvalue weighted by atomic mass is 19.1. The van der Waals surface area contributed by atoms with Crippen LogP contribution in [0.25, 0.3) is 6.08 Å². The summed E-state index contributed by atoms with van der Waals surface area (Å²) in [5.41, 5.74) is 0.403. The second-order valence-electron chi connectivity index (χ2n) is 9.03. The molecule has 0 atom stereocenters. The first-order valence-electron chi connectivity index (χ1n) is 9.35. The number of amides is 1. The molecule has 0 aromatic carbocycles. The molecule has 28 heavy (non-hydrogen) atoms. The number of carbonyl (C=O) groups is 1. The van der Waals surface area contributed by atoms with Crippen LogP contribution in [0, 0.1) is 12.9 Å². The van der Waals surface area contributed by atoms with Crippen LogP contribution in [-0.4, -0.2) is 41.5 Å². The molecule has 0 radical (unpaired) electrons. The Hall–Kier alpha value is -1.93. The maximum atomic E-state index is 13.6. The van der Waals surface area contributed by atoms with Crippen molar-refractivity contribution in [2.24, 2.45) is 0 Å². The van der Waals surface area contributed by atoms with Crippen LogP contribution in [0.3, 0.4) is 0 Å². The van der Waals surface area contributed by atoms with E-state index in [2.05, 4.69) is 10.3 Å². The van der Waals surface area contributed by atoms with Gasteiger partial charge in [-0.05, 0) is 72.0 Å². The number of hydrogen-bond donors (Lipinski definition) is 1. The van der Waals surface area contributed by atoms with Gasteiger partial charge in [-0.2, -0.15) is 4.39 Å². The van der Waals surface area contributed by atoms with Gasteiger partial charge in [0.1, 0.15) is 5.60 Å². The number of nitrogens with zero attached hydrogens (tertiary/aromatic N) is 1. The van der Waals surface area contributed by atoms with Crippen LogP contribution in [0.5, 0.6) is 0 Å². The van der Waals surface area contributed by atoms with Crippen LogP contribution >= 0.6 is 0 Å². The van der Waals surface area contributed by atoms with E-state index >= 15 is 0 Å². The first kappa shape index (κ1) is 22.4. The summed E-state index contributed by atoms with van der Waals surface area (Å²) in [5, 5.41) is 2.73. The van der Waals surface area contributed by atoms with E-state index in [-0.39, 0.29) is 6.54 Å². The van der Waals surface area contributed by atoms with Crippen LogP contribution in [0.15, 0.2) is 17.7 Å². The topological polar surface area (TPSA) is 69.7 Å². The van der Waals surface area contributed by atoms with Crippen molar-refractivity contribution in [2.45, 2.75) is 72.2 Å². The van der Waals surface area contributed by atoms with Crippen LogP contribution in [0.1, 0.15) is 59.6 Å². The number of alkyl carbamates (subject to hydrolysis) is 1. The molecule has 1 aliphatic rings. The molecule has 6 nitrogen and oxygen atoms in total. The first-order chi connectivity index (χ1) is 12.7. The van der Waals surface area contributed by atoms with Crippen LogP contribution in [0.4, 0.5) is 9.18 Å². The van der Waals surface area contributed by atoms with E-state index in [0.29, 0.717) is 11.0 Å². The molecule has 0 aliphatic carbocycles. The maximum absolute atomic E-state index is 13.6. The molecular formula is C20H30BFN2O4. The Morgan fingerprint density at radius 2 is 1.86 bits per heavy atom. The molecule has 2 heterocycles. The molecule has 1 fully saturated rings. The van der Waals surface area contributed by atoms with Gasteiger partial charge < -0.3 is 19.4 Å². The highest BCUT2D eigenvalue weighted by Gasteiger charge is 2.52. The molecule has 1 aromatic heterocycles. The van der Waals surface area contributed by atoms with Crippen LogP contribution < -0.4 is 5.32 Å². The molecule has 2 rings (SSSR count). The zero-order valence-corrected chi connectivity index (χ0v) is 18.0. The Bertz CT molecular complexity index is 756. The molecule has 1 aliphatic heterocycles. The average Bonchev–Trinajstić information content (AvgIpc) is 2.73. The quantitative estimate of drug-likeness (QED) is 0.618. The Kier molecular flexibility index (Phi) is 6.26. The Labute approximate surface area is 167 Å². The normalized spacial score (nSPS) is 18.9. The SMILES string of the molecule is Cc1cnc(F)cc1C=C(CNC(=O)OC(C)(C)C)B1OC(C)(C)C(C)(C)O1. The molecule has 1 N–H and O–H groups in total. The van der Waals surface area contributed by atoms with Gasteiger partial charge in [-0.25, -0.2) is 9.78 Å². The predicted octanol–water partition coefficient (Wildman–Crippen LogP) is 4.07. The maximum Gasteiger partial charge on any atom is 0.492 e. The van der Waals surface area contributed by atoms with Gasteiger partial charge in [0.2, 0.25) is 5.95 Å². The lowest BCUT2D eigenvalue weighted by Crippen LogP contribution is -2.41. The third kappa shape index (κ3) is 5.55. The van der Waals surface area contributed by atoms with Crippen molar-refractivity contribution >= 4 is 19.3 Å². The van der Waals surface area contributed by atoms with Gasteiger partial charge in [-0.3, -0.25) is 0 Å². The molecule has 1 saturated heterocycles. The van der Waals surface area contributed by atoms with E-state index in [1.54, 1.807) is 26.8 Å². The summed E-state index contributed by atoms with van der Waals surface area (Å²) in [6.07, 6.45) is 2.68.